The van der Waals surface area contributed by atoms with Gasteiger partial charge in [-0.25, -0.2) is 0 Å². The Morgan fingerprint density at radius 3 is 2.84 bits per heavy atom. The molecular weight excluding hydrogens is 229 g/mol. The maximum atomic E-state index is 3.91. The van der Waals surface area contributed by atoms with E-state index < -0.39 is 0 Å². The van der Waals surface area contributed by atoms with Crippen molar-refractivity contribution in [2.45, 2.75) is 52.8 Å². The van der Waals surface area contributed by atoms with E-state index in [1.165, 1.54) is 36.7 Å². The summed E-state index contributed by atoms with van der Waals surface area (Å²) in [6, 6.07) is 0. The molecule has 0 fully saturated rings. The molecule has 2 unspecified atom stereocenters. The van der Waals surface area contributed by atoms with Crippen LogP contribution in [0.25, 0.3) is 0 Å². The Labute approximate surface area is 119 Å². The molecule has 2 heteroatoms. The van der Waals surface area contributed by atoms with Gasteiger partial charge < -0.3 is 0 Å². The van der Waals surface area contributed by atoms with Crippen LogP contribution in [-0.2, 0) is 0 Å². The van der Waals surface area contributed by atoms with E-state index in [0.717, 1.165) is 24.7 Å². The molecule has 1 aliphatic rings. The summed E-state index contributed by atoms with van der Waals surface area (Å²) in [7, 11) is 0. The third kappa shape index (κ3) is 5.71. The Hall–Kier alpha value is -0.915. The normalized spacial score (nSPS) is 20.7. The Morgan fingerprint density at radius 1 is 1.53 bits per heavy atom. The summed E-state index contributed by atoms with van der Waals surface area (Å²) in [5.74, 6) is 1.62. The number of allylic oxidation sites excluding steroid dienone is 4. The monoisotopic (exact) mass is 257 g/mol. The van der Waals surface area contributed by atoms with Gasteiger partial charge in [0, 0.05) is 0 Å². The van der Waals surface area contributed by atoms with E-state index in [2.05, 4.69) is 57.6 Å². The van der Waals surface area contributed by atoms with Crippen molar-refractivity contribution in [3.63, 3.8) is 0 Å². The van der Waals surface area contributed by atoms with Crippen molar-refractivity contribution in [3.05, 3.63) is 23.8 Å². The Kier molecular flexibility index (Phi) is 7.70. The SMILES string of the molecule is C=NC/C(C)=B\CC1=CCC(C(CC)CCC)C=C1. The van der Waals surface area contributed by atoms with Crippen LogP contribution in [0.1, 0.15) is 46.5 Å². The van der Waals surface area contributed by atoms with E-state index in [1.807, 2.05) is 0 Å². The fraction of sp³-hybridized carbons (Fsp3) is 0.647. The van der Waals surface area contributed by atoms with Crippen LogP contribution in [0.5, 0.6) is 0 Å². The standard InChI is InChI=1S/C17H28BN/c1-5-7-16(6-2)17-10-8-15(9-11-17)12-18-14(3)13-19-4/h8-10,16-17H,4-7,11-13H2,1-3H3. The molecule has 1 rings (SSSR count). The van der Waals surface area contributed by atoms with Gasteiger partial charge in [0.15, 0.2) is 0 Å². The second kappa shape index (κ2) is 9.06. The maximum absolute atomic E-state index is 3.91. The van der Waals surface area contributed by atoms with Crippen molar-refractivity contribution in [1.29, 1.82) is 0 Å². The van der Waals surface area contributed by atoms with Crippen molar-refractivity contribution in [1.82, 2.24) is 0 Å². The molecule has 0 saturated carbocycles. The third-order valence-electron chi connectivity index (χ3n) is 4.05. The molecule has 104 valence electrons. The number of rotatable bonds is 8. The second-order valence-electron chi connectivity index (χ2n) is 5.63. The van der Waals surface area contributed by atoms with Crippen molar-refractivity contribution >= 4 is 19.1 Å². The molecule has 1 aliphatic carbocycles. The van der Waals surface area contributed by atoms with Crippen LogP contribution in [0.15, 0.2) is 28.8 Å². The van der Waals surface area contributed by atoms with Crippen molar-refractivity contribution in [3.8, 4) is 0 Å². The van der Waals surface area contributed by atoms with Crippen LogP contribution in [0.2, 0.25) is 6.32 Å². The molecule has 0 bridgehead atoms. The Morgan fingerprint density at radius 2 is 2.32 bits per heavy atom. The summed E-state index contributed by atoms with van der Waals surface area (Å²) in [4.78, 5) is 3.91. The summed E-state index contributed by atoms with van der Waals surface area (Å²) in [6.45, 7) is 13.3. The van der Waals surface area contributed by atoms with Gasteiger partial charge in [0.25, 0.3) is 0 Å². The number of hydrogen-bond donors (Lipinski definition) is 0. The third-order valence-corrected chi connectivity index (χ3v) is 4.05. The van der Waals surface area contributed by atoms with Gasteiger partial charge in [-0.3, -0.25) is 0 Å². The molecule has 0 aromatic heterocycles. The first-order chi connectivity index (χ1) is 9.21. The fourth-order valence-corrected chi connectivity index (χ4v) is 2.81. The van der Waals surface area contributed by atoms with Gasteiger partial charge in [0.2, 0.25) is 0 Å². The molecule has 0 aromatic carbocycles. The quantitative estimate of drug-likeness (QED) is 0.453. The van der Waals surface area contributed by atoms with E-state index in [4.69, 9.17) is 0 Å². The second-order valence-corrected chi connectivity index (χ2v) is 5.63. The van der Waals surface area contributed by atoms with Gasteiger partial charge in [0.05, 0.1) is 0 Å². The first-order valence-corrected chi connectivity index (χ1v) is 7.66. The van der Waals surface area contributed by atoms with Crippen LogP contribution in [-0.4, -0.2) is 25.6 Å². The molecule has 1 nitrogen and oxygen atoms in total. The zero-order valence-electron chi connectivity index (χ0n) is 12.9. The van der Waals surface area contributed by atoms with Crippen LogP contribution in [0, 0.1) is 11.8 Å². The Balaban J connectivity index is 2.48. The van der Waals surface area contributed by atoms with E-state index in [1.54, 1.807) is 0 Å². The number of nitrogens with zero attached hydrogens (tertiary/aromatic N) is 1. The average Bonchev–Trinajstić information content (AvgIpc) is 2.43. The summed E-state index contributed by atoms with van der Waals surface area (Å²) in [6.07, 6.45) is 13.4. The van der Waals surface area contributed by atoms with E-state index in [9.17, 15) is 0 Å². The molecule has 0 saturated heterocycles. The molecule has 0 spiro atoms. The van der Waals surface area contributed by atoms with E-state index >= 15 is 0 Å². The molecule has 2 atom stereocenters. The molecule has 0 aliphatic heterocycles. The zero-order chi connectivity index (χ0) is 14.1. The van der Waals surface area contributed by atoms with Gasteiger partial charge in [0.1, 0.15) is 0 Å². The summed E-state index contributed by atoms with van der Waals surface area (Å²) < 4.78 is 0. The summed E-state index contributed by atoms with van der Waals surface area (Å²) >= 11 is 0. The van der Waals surface area contributed by atoms with E-state index in [-0.39, 0.29) is 0 Å². The van der Waals surface area contributed by atoms with Crippen molar-refractivity contribution < 1.29 is 0 Å². The van der Waals surface area contributed by atoms with Gasteiger partial charge in [-0.05, 0) is 0 Å². The molecule has 0 N–H and O–H groups in total. The molecule has 0 aromatic rings. The van der Waals surface area contributed by atoms with Crippen molar-refractivity contribution in [2.24, 2.45) is 16.8 Å². The number of aliphatic imine (C=N–C) groups is 1. The zero-order valence-corrected chi connectivity index (χ0v) is 12.9. The first kappa shape index (κ1) is 16.1. The van der Waals surface area contributed by atoms with Gasteiger partial charge in [-0.15, -0.1) is 0 Å². The molecule has 0 amide bonds. The molecule has 0 radical (unpaired) electrons. The van der Waals surface area contributed by atoms with Crippen LogP contribution in [0.4, 0.5) is 0 Å². The molecule has 19 heavy (non-hydrogen) atoms. The number of hydrogen-bond acceptors (Lipinski definition) is 1. The van der Waals surface area contributed by atoms with Crippen LogP contribution in [0.3, 0.4) is 0 Å². The predicted octanol–water partition coefficient (Wildman–Crippen LogP) is 4.33. The minimum atomic E-state index is 0.758. The van der Waals surface area contributed by atoms with Gasteiger partial charge >= 0.3 is 119 Å². The molecule has 0 heterocycles. The summed E-state index contributed by atoms with van der Waals surface area (Å²) in [5.41, 5.74) is 2.76. The van der Waals surface area contributed by atoms with Gasteiger partial charge in [-0.1, -0.05) is 0 Å². The summed E-state index contributed by atoms with van der Waals surface area (Å²) in [5, 5.41) is 0. The van der Waals surface area contributed by atoms with E-state index in [0.29, 0.717) is 0 Å². The fourth-order valence-electron chi connectivity index (χ4n) is 2.81. The minimum absolute atomic E-state index is 0.758. The van der Waals surface area contributed by atoms with Crippen LogP contribution >= 0.6 is 0 Å². The first-order valence-electron chi connectivity index (χ1n) is 7.66. The van der Waals surface area contributed by atoms with Crippen LogP contribution < -0.4 is 0 Å². The average molecular weight is 257 g/mol. The topological polar surface area (TPSA) is 12.4 Å². The molecular formula is C17H28BN. The Bertz CT molecular complexity index is 365. The van der Waals surface area contributed by atoms with Gasteiger partial charge in [-0.2, -0.15) is 0 Å². The van der Waals surface area contributed by atoms with Crippen molar-refractivity contribution in [2.75, 3.05) is 6.54 Å². The predicted molar refractivity (Wildman–Crippen MR) is 89.7 cm³/mol.